The lowest BCUT2D eigenvalue weighted by Crippen LogP contribution is -2.14. The molecule has 0 aliphatic carbocycles. The summed E-state index contributed by atoms with van der Waals surface area (Å²) in [5.74, 6) is 0.607. The first kappa shape index (κ1) is 17.4. The number of carbonyl (C=O) groups is 1. The number of carbonyl (C=O) groups excluding carboxylic acids is 1. The molecule has 1 amide bonds. The molecular weight excluding hydrogens is 328 g/mol. The highest BCUT2D eigenvalue weighted by molar-refractivity contribution is 7.14. The topological polar surface area (TPSA) is 42.0 Å². The van der Waals surface area contributed by atoms with Gasteiger partial charge in [0.15, 0.2) is 5.13 Å². The second-order valence-electron chi connectivity index (χ2n) is 6.54. The minimum absolute atomic E-state index is 0.0422. The van der Waals surface area contributed by atoms with Crippen LogP contribution in [0.4, 0.5) is 5.13 Å². The van der Waals surface area contributed by atoms with Gasteiger partial charge in [0.05, 0.1) is 12.1 Å². The van der Waals surface area contributed by atoms with Crippen LogP contribution in [-0.4, -0.2) is 10.9 Å². The van der Waals surface area contributed by atoms with E-state index >= 15 is 0 Å². The van der Waals surface area contributed by atoms with Crippen LogP contribution in [0.5, 0.6) is 0 Å². The molecule has 0 saturated heterocycles. The van der Waals surface area contributed by atoms with Gasteiger partial charge in [-0.2, -0.15) is 0 Å². The van der Waals surface area contributed by atoms with Crippen molar-refractivity contribution >= 4 is 22.4 Å². The third-order valence-electron chi connectivity index (χ3n) is 3.85. The standard InChI is InChI=1S/C21H22N2OS/c1-15(2)12-17-8-10-18(11-9-17)19-14-25-21(22-19)23-20(24)13-16-6-4-3-5-7-16/h3-11,14-15H,12-13H2,1-2H3,(H,22,23,24). The Morgan fingerprint density at radius 3 is 2.44 bits per heavy atom. The zero-order valence-corrected chi connectivity index (χ0v) is 15.3. The Labute approximate surface area is 152 Å². The quantitative estimate of drug-likeness (QED) is 0.665. The molecule has 2 aromatic carbocycles. The van der Waals surface area contributed by atoms with Crippen molar-refractivity contribution in [2.45, 2.75) is 26.7 Å². The monoisotopic (exact) mass is 350 g/mol. The van der Waals surface area contributed by atoms with Gasteiger partial charge in [-0.25, -0.2) is 4.98 Å². The molecule has 0 saturated carbocycles. The van der Waals surface area contributed by atoms with E-state index in [9.17, 15) is 4.79 Å². The third-order valence-corrected chi connectivity index (χ3v) is 4.61. The maximum atomic E-state index is 12.1. The molecule has 0 aliphatic heterocycles. The van der Waals surface area contributed by atoms with Crippen molar-refractivity contribution in [3.63, 3.8) is 0 Å². The van der Waals surface area contributed by atoms with Crippen molar-refractivity contribution in [3.05, 3.63) is 71.1 Å². The van der Waals surface area contributed by atoms with Crippen molar-refractivity contribution in [2.75, 3.05) is 5.32 Å². The molecule has 0 radical (unpaired) electrons. The summed E-state index contributed by atoms with van der Waals surface area (Å²) >= 11 is 1.46. The summed E-state index contributed by atoms with van der Waals surface area (Å²) in [6.45, 7) is 4.44. The summed E-state index contributed by atoms with van der Waals surface area (Å²) in [6.07, 6.45) is 1.44. The molecule has 4 heteroatoms. The zero-order chi connectivity index (χ0) is 17.6. The second-order valence-corrected chi connectivity index (χ2v) is 7.40. The Bertz CT molecular complexity index is 823. The molecule has 1 heterocycles. The van der Waals surface area contributed by atoms with Crippen LogP contribution in [0.3, 0.4) is 0 Å². The van der Waals surface area contributed by atoms with E-state index in [1.54, 1.807) is 0 Å². The van der Waals surface area contributed by atoms with Crippen molar-refractivity contribution < 1.29 is 4.79 Å². The van der Waals surface area contributed by atoms with E-state index in [1.807, 2.05) is 35.7 Å². The summed E-state index contributed by atoms with van der Waals surface area (Å²) in [7, 11) is 0. The van der Waals surface area contributed by atoms with Crippen LogP contribution >= 0.6 is 11.3 Å². The molecule has 0 unspecified atom stereocenters. The van der Waals surface area contributed by atoms with E-state index in [0.29, 0.717) is 17.5 Å². The lowest BCUT2D eigenvalue weighted by atomic mass is 10.0. The molecular formula is C21H22N2OS. The highest BCUT2D eigenvalue weighted by Gasteiger charge is 2.09. The van der Waals surface area contributed by atoms with Crippen molar-refractivity contribution in [1.29, 1.82) is 0 Å². The second kappa shape index (κ2) is 8.08. The molecule has 0 bridgehead atoms. The number of nitrogens with zero attached hydrogens (tertiary/aromatic N) is 1. The third kappa shape index (κ3) is 5.00. The molecule has 0 aliphatic rings. The maximum Gasteiger partial charge on any atom is 0.230 e. The van der Waals surface area contributed by atoms with Gasteiger partial charge in [-0.3, -0.25) is 4.79 Å². The minimum atomic E-state index is -0.0422. The van der Waals surface area contributed by atoms with E-state index in [4.69, 9.17) is 0 Å². The van der Waals surface area contributed by atoms with E-state index in [-0.39, 0.29) is 5.91 Å². The van der Waals surface area contributed by atoms with Crippen LogP contribution in [0.25, 0.3) is 11.3 Å². The van der Waals surface area contributed by atoms with Gasteiger partial charge < -0.3 is 5.32 Å². The molecule has 1 N–H and O–H groups in total. The number of hydrogen-bond donors (Lipinski definition) is 1. The van der Waals surface area contributed by atoms with Crippen LogP contribution < -0.4 is 5.32 Å². The van der Waals surface area contributed by atoms with Crippen LogP contribution in [-0.2, 0) is 17.6 Å². The summed E-state index contributed by atoms with van der Waals surface area (Å²) in [4.78, 5) is 16.7. The zero-order valence-electron chi connectivity index (χ0n) is 14.5. The van der Waals surface area contributed by atoms with Crippen LogP contribution in [0.2, 0.25) is 0 Å². The SMILES string of the molecule is CC(C)Cc1ccc(-c2csc(NC(=O)Cc3ccccc3)n2)cc1. The van der Waals surface area contributed by atoms with Gasteiger partial charge in [0.25, 0.3) is 0 Å². The van der Waals surface area contributed by atoms with Crippen molar-refractivity contribution in [1.82, 2.24) is 4.98 Å². The summed E-state index contributed by atoms with van der Waals surface area (Å²) in [6, 6.07) is 18.2. The number of nitrogens with one attached hydrogen (secondary N) is 1. The average Bonchev–Trinajstić information content (AvgIpc) is 3.04. The first-order valence-electron chi connectivity index (χ1n) is 8.49. The Morgan fingerprint density at radius 1 is 1.04 bits per heavy atom. The van der Waals surface area contributed by atoms with Crippen LogP contribution in [0.15, 0.2) is 60.0 Å². The Morgan fingerprint density at radius 2 is 1.76 bits per heavy atom. The van der Waals surface area contributed by atoms with Gasteiger partial charge in [0.2, 0.25) is 5.91 Å². The first-order chi connectivity index (χ1) is 12.1. The predicted molar refractivity (Wildman–Crippen MR) is 105 cm³/mol. The molecule has 0 atom stereocenters. The number of benzene rings is 2. The average molecular weight is 350 g/mol. The molecule has 25 heavy (non-hydrogen) atoms. The molecule has 128 valence electrons. The molecule has 0 fully saturated rings. The van der Waals surface area contributed by atoms with Gasteiger partial charge in [-0.05, 0) is 23.5 Å². The highest BCUT2D eigenvalue weighted by Crippen LogP contribution is 2.25. The van der Waals surface area contributed by atoms with Crippen molar-refractivity contribution in [3.8, 4) is 11.3 Å². The lowest BCUT2D eigenvalue weighted by molar-refractivity contribution is -0.115. The lowest BCUT2D eigenvalue weighted by Gasteiger charge is -2.05. The number of thiazole rings is 1. The van der Waals surface area contributed by atoms with Gasteiger partial charge in [0, 0.05) is 10.9 Å². The molecule has 0 spiro atoms. The Kier molecular flexibility index (Phi) is 5.61. The van der Waals surface area contributed by atoms with Gasteiger partial charge in [-0.1, -0.05) is 68.4 Å². The predicted octanol–water partition coefficient (Wildman–Crippen LogP) is 5.19. The summed E-state index contributed by atoms with van der Waals surface area (Å²) in [5.41, 5.74) is 4.31. The molecule has 3 aromatic rings. The smallest absolute Gasteiger partial charge is 0.230 e. The number of rotatable bonds is 6. The van der Waals surface area contributed by atoms with Crippen LogP contribution in [0.1, 0.15) is 25.0 Å². The Hall–Kier alpha value is -2.46. The largest absolute Gasteiger partial charge is 0.302 e. The van der Waals surface area contributed by atoms with Crippen LogP contribution in [0, 0.1) is 5.92 Å². The maximum absolute atomic E-state index is 12.1. The van der Waals surface area contributed by atoms with E-state index in [0.717, 1.165) is 23.2 Å². The van der Waals surface area contributed by atoms with Crippen molar-refractivity contribution in [2.24, 2.45) is 5.92 Å². The van der Waals surface area contributed by atoms with E-state index < -0.39 is 0 Å². The first-order valence-corrected chi connectivity index (χ1v) is 9.37. The molecule has 3 nitrogen and oxygen atoms in total. The summed E-state index contributed by atoms with van der Waals surface area (Å²) < 4.78 is 0. The molecule has 1 aromatic heterocycles. The van der Waals surface area contributed by atoms with Gasteiger partial charge in [0.1, 0.15) is 0 Å². The number of hydrogen-bond acceptors (Lipinski definition) is 3. The normalized spacial score (nSPS) is 10.8. The van der Waals surface area contributed by atoms with Gasteiger partial charge in [-0.15, -0.1) is 11.3 Å². The number of aromatic nitrogens is 1. The highest BCUT2D eigenvalue weighted by atomic mass is 32.1. The number of amides is 1. The number of anilines is 1. The van der Waals surface area contributed by atoms with E-state index in [1.165, 1.54) is 16.9 Å². The van der Waals surface area contributed by atoms with Gasteiger partial charge >= 0.3 is 0 Å². The fraction of sp³-hybridized carbons (Fsp3) is 0.238. The summed E-state index contributed by atoms with van der Waals surface area (Å²) in [5, 5.41) is 5.51. The van der Waals surface area contributed by atoms with E-state index in [2.05, 4.69) is 48.4 Å². The minimum Gasteiger partial charge on any atom is -0.302 e. The Balaban J connectivity index is 1.63. The molecule has 3 rings (SSSR count). The fourth-order valence-corrected chi connectivity index (χ4v) is 3.43. The fourth-order valence-electron chi connectivity index (χ4n) is 2.69.